The zero-order chi connectivity index (χ0) is 11.4. The number of nitrogens with zero attached hydrogens (tertiary/aromatic N) is 1. The summed E-state index contributed by atoms with van der Waals surface area (Å²) < 4.78 is 0. The normalized spacial score (nSPS) is 13.3. The van der Waals surface area contributed by atoms with Crippen LogP contribution in [0.3, 0.4) is 0 Å². The average molecular weight is 199 g/mol. The topological polar surface area (TPSA) is 3.24 Å². The van der Waals surface area contributed by atoms with Crippen molar-refractivity contribution >= 4 is 0 Å². The van der Waals surface area contributed by atoms with Crippen LogP contribution in [0.1, 0.15) is 54.9 Å². The smallest absolute Gasteiger partial charge is 0.00388 e. The van der Waals surface area contributed by atoms with Crippen molar-refractivity contribution in [3.63, 3.8) is 0 Å². The van der Waals surface area contributed by atoms with Gasteiger partial charge in [0, 0.05) is 12.6 Å². The SMILES string of the molecule is CCCN(CC(C)(C)C(C)C)C(C)C. The van der Waals surface area contributed by atoms with E-state index in [1.807, 2.05) is 0 Å². The summed E-state index contributed by atoms with van der Waals surface area (Å²) in [7, 11) is 0. The Morgan fingerprint density at radius 1 is 1.07 bits per heavy atom. The molecule has 1 nitrogen and oxygen atoms in total. The first-order valence-corrected chi connectivity index (χ1v) is 6.05. The molecule has 0 aromatic heterocycles. The van der Waals surface area contributed by atoms with Crippen molar-refractivity contribution in [2.75, 3.05) is 13.1 Å². The lowest BCUT2D eigenvalue weighted by molar-refractivity contribution is 0.110. The van der Waals surface area contributed by atoms with Gasteiger partial charge in [-0.15, -0.1) is 0 Å². The molecule has 0 rings (SSSR count). The zero-order valence-electron chi connectivity index (χ0n) is 11.2. The average Bonchev–Trinajstić information content (AvgIpc) is 2.02. The fourth-order valence-corrected chi connectivity index (χ4v) is 1.51. The maximum Gasteiger partial charge on any atom is 0.00388 e. The van der Waals surface area contributed by atoms with E-state index >= 15 is 0 Å². The van der Waals surface area contributed by atoms with Crippen LogP contribution in [0.2, 0.25) is 0 Å². The third-order valence-corrected chi connectivity index (χ3v) is 3.41. The molecule has 0 heterocycles. The third kappa shape index (κ3) is 4.45. The van der Waals surface area contributed by atoms with Gasteiger partial charge in [0.15, 0.2) is 0 Å². The van der Waals surface area contributed by atoms with E-state index in [0.29, 0.717) is 11.5 Å². The second-order valence-corrected chi connectivity index (χ2v) is 5.71. The molecule has 0 bridgehead atoms. The molecule has 0 N–H and O–H groups in total. The van der Waals surface area contributed by atoms with Gasteiger partial charge in [-0.25, -0.2) is 0 Å². The summed E-state index contributed by atoms with van der Waals surface area (Å²) in [6.45, 7) is 18.7. The first kappa shape index (κ1) is 14.0. The van der Waals surface area contributed by atoms with Crippen LogP contribution in [0.4, 0.5) is 0 Å². The Balaban J connectivity index is 4.28. The molecule has 0 aliphatic rings. The van der Waals surface area contributed by atoms with Gasteiger partial charge in [-0.05, 0) is 38.1 Å². The lowest BCUT2D eigenvalue weighted by atomic mass is 9.80. The molecule has 0 unspecified atom stereocenters. The molecule has 0 aliphatic heterocycles. The van der Waals surface area contributed by atoms with E-state index in [4.69, 9.17) is 0 Å². The maximum atomic E-state index is 2.60. The van der Waals surface area contributed by atoms with Gasteiger partial charge in [0.25, 0.3) is 0 Å². The Morgan fingerprint density at radius 2 is 1.57 bits per heavy atom. The minimum Gasteiger partial charge on any atom is -0.300 e. The van der Waals surface area contributed by atoms with Crippen LogP contribution in [0.5, 0.6) is 0 Å². The van der Waals surface area contributed by atoms with Crippen LogP contribution in [-0.2, 0) is 0 Å². The fourth-order valence-electron chi connectivity index (χ4n) is 1.51. The fraction of sp³-hybridized carbons (Fsp3) is 1.00. The van der Waals surface area contributed by atoms with Gasteiger partial charge >= 0.3 is 0 Å². The monoisotopic (exact) mass is 199 g/mol. The lowest BCUT2D eigenvalue weighted by Gasteiger charge is -2.37. The predicted octanol–water partition coefficient (Wildman–Crippen LogP) is 3.79. The molecule has 14 heavy (non-hydrogen) atoms. The van der Waals surface area contributed by atoms with Gasteiger partial charge in [0.05, 0.1) is 0 Å². The zero-order valence-corrected chi connectivity index (χ0v) is 11.2. The Morgan fingerprint density at radius 3 is 1.86 bits per heavy atom. The van der Waals surface area contributed by atoms with Crippen molar-refractivity contribution in [3.05, 3.63) is 0 Å². The summed E-state index contributed by atoms with van der Waals surface area (Å²) in [6, 6.07) is 0.674. The molecule has 0 saturated heterocycles. The van der Waals surface area contributed by atoms with Crippen molar-refractivity contribution in [2.24, 2.45) is 11.3 Å². The van der Waals surface area contributed by atoms with Crippen LogP contribution in [0.25, 0.3) is 0 Å². The van der Waals surface area contributed by atoms with E-state index in [1.54, 1.807) is 0 Å². The van der Waals surface area contributed by atoms with Crippen molar-refractivity contribution in [1.29, 1.82) is 0 Å². The summed E-state index contributed by atoms with van der Waals surface area (Å²) in [5.41, 5.74) is 0.430. The first-order valence-electron chi connectivity index (χ1n) is 6.05. The molecule has 1 heteroatoms. The molecule has 0 atom stereocenters. The summed E-state index contributed by atoms with van der Waals surface area (Å²) in [6.07, 6.45) is 1.26. The highest BCUT2D eigenvalue weighted by atomic mass is 15.1. The van der Waals surface area contributed by atoms with Gasteiger partial charge in [0.1, 0.15) is 0 Å². The molecule has 0 aromatic rings. The van der Waals surface area contributed by atoms with E-state index in [9.17, 15) is 0 Å². The minimum absolute atomic E-state index is 0.430. The molecule has 0 radical (unpaired) electrons. The van der Waals surface area contributed by atoms with Crippen LogP contribution in [0.15, 0.2) is 0 Å². The van der Waals surface area contributed by atoms with Gasteiger partial charge in [-0.1, -0.05) is 34.6 Å². The van der Waals surface area contributed by atoms with E-state index in [2.05, 4.69) is 53.4 Å². The van der Waals surface area contributed by atoms with Gasteiger partial charge < -0.3 is 4.90 Å². The second-order valence-electron chi connectivity index (χ2n) is 5.71. The third-order valence-electron chi connectivity index (χ3n) is 3.41. The summed E-state index contributed by atoms with van der Waals surface area (Å²) in [5.74, 6) is 0.751. The number of hydrogen-bond donors (Lipinski definition) is 0. The van der Waals surface area contributed by atoms with Crippen LogP contribution < -0.4 is 0 Å². The summed E-state index contributed by atoms with van der Waals surface area (Å²) in [5, 5.41) is 0. The van der Waals surface area contributed by atoms with Crippen molar-refractivity contribution in [1.82, 2.24) is 4.90 Å². The van der Waals surface area contributed by atoms with Crippen LogP contribution >= 0.6 is 0 Å². The van der Waals surface area contributed by atoms with Crippen molar-refractivity contribution in [3.8, 4) is 0 Å². The number of hydrogen-bond acceptors (Lipinski definition) is 1. The Hall–Kier alpha value is -0.0400. The molecule has 0 spiro atoms. The molecule has 0 fully saturated rings. The largest absolute Gasteiger partial charge is 0.300 e. The lowest BCUT2D eigenvalue weighted by Crippen LogP contribution is -2.41. The van der Waals surface area contributed by atoms with Crippen LogP contribution in [-0.4, -0.2) is 24.0 Å². The van der Waals surface area contributed by atoms with Gasteiger partial charge in [-0.2, -0.15) is 0 Å². The Labute approximate surface area is 90.9 Å². The highest BCUT2D eigenvalue weighted by Gasteiger charge is 2.25. The molecule has 0 saturated carbocycles. The molecule has 0 aliphatic carbocycles. The predicted molar refractivity (Wildman–Crippen MR) is 65.6 cm³/mol. The summed E-state index contributed by atoms with van der Waals surface area (Å²) in [4.78, 5) is 2.60. The second kappa shape index (κ2) is 5.75. The Bertz CT molecular complexity index is 147. The quantitative estimate of drug-likeness (QED) is 0.629. The highest BCUT2D eigenvalue weighted by molar-refractivity contribution is 4.78. The van der Waals surface area contributed by atoms with Crippen molar-refractivity contribution in [2.45, 2.75) is 60.9 Å². The maximum absolute atomic E-state index is 2.60. The molecule has 0 aromatic carbocycles. The van der Waals surface area contributed by atoms with Crippen LogP contribution in [0, 0.1) is 11.3 Å². The molecular weight excluding hydrogens is 170 g/mol. The van der Waals surface area contributed by atoms with Gasteiger partial charge in [0.2, 0.25) is 0 Å². The standard InChI is InChI=1S/C13H29N/c1-8-9-14(12(4)5)10-13(6,7)11(2)3/h11-12H,8-10H2,1-7H3. The van der Waals surface area contributed by atoms with E-state index < -0.39 is 0 Å². The molecule has 86 valence electrons. The molecular formula is C13H29N. The van der Waals surface area contributed by atoms with E-state index in [-0.39, 0.29) is 0 Å². The van der Waals surface area contributed by atoms with E-state index in [1.165, 1.54) is 19.5 Å². The minimum atomic E-state index is 0.430. The Kier molecular flexibility index (Phi) is 5.73. The highest BCUT2D eigenvalue weighted by Crippen LogP contribution is 2.27. The van der Waals surface area contributed by atoms with E-state index in [0.717, 1.165) is 5.92 Å². The van der Waals surface area contributed by atoms with Crippen molar-refractivity contribution < 1.29 is 0 Å². The number of rotatable bonds is 6. The first-order chi connectivity index (χ1) is 6.31. The van der Waals surface area contributed by atoms with Gasteiger partial charge in [-0.3, -0.25) is 0 Å². The molecule has 0 amide bonds. The summed E-state index contributed by atoms with van der Waals surface area (Å²) >= 11 is 0.